The average Bonchev–Trinajstić information content (AvgIpc) is 2.48. The Labute approximate surface area is 105 Å². The monoisotopic (exact) mass is 255 g/mol. The van der Waals surface area contributed by atoms with E-state index in [9.17, 15) is 4.79 Å². The predicted molar refractivity (Wildman–Crippen MR) is 69.4 cm³/mol. The molecule has 0 fully saturated rings. The van der Waals surface area contributed by atoms with Gasteiger partial charge in [0.1, 0.15) is 5.88 Å². The zero-order valence-electron chi connectivity index (χ0n) is 9.15. The first kappa shape index (κ1) is 11.8. The number of para-hydroxylation sites is 1. The quantitative estimate of drug-likeness (QED) is 0.719. The first-order valence-electron chi connectivity index (χ1n) is 5.30. The van der Waals surface area contributed by atoms with Gasteiger partial charge in [-0.25, -0.2) is 0 Å². The van der Waals surface area contributed by atoms with Gasteiger partial charge in [0.05, 0.1) is 5.69 Å². The molecule has 16 heavy (non-hydrogen) atoms. The minimum atomic E-state index is -0.0107. The average molecular weight is 256 g/mol. The molecule has 1 aliphatic heterocycles. The van der Waals surface area contributed by atoms with Crippen molar-refractivity contribution in [3.05, 3.63) is 24.3 Å². The zero-order chi connectivity index (χ0) is 11.5. The highest BCUT2D eigenvalue weighted by Gasteiger charge is 2.23. The van der Waals surface area contributed by atoms with Crippen LogP contribution in [0.5, 0.6) is 0 Å². The maximum absolute atomic E-state index is 11.8. The van der Waals surface area contributed by atoms with Gasteiger partial charge in [0.15, 0.2) is 0 Å². The highest BCUT2D eigenvalue weighted by Crippen LogP contribution is 2.35. The van der Waals surface area contributed by atoms with Crippen molar-refractivity contribution < 1.29 is 4.79 Å². The van der Waals surface area contributed by atoms with Crippen molar-refractivity contribution in [2.45, 2.75) is 11.8 Å². The van der Waals surface area contributed by atoms with Crippen molar-refractivity contribution in [1.29, 1.82) is 0 Å². The van der Waals surface area contributed by atoms with E-state index in [0.29, 0.717) is 5.92 Å². The van der Waals surface area contributed by atoms with E-state index < -0.39 is 0 Å². The van der Waals surface area contributed by atoms with Crippen molar-refractivity contribution in [1.82, 2.24) is 0 Å². The predicted octanol–water partition coefficient (Wildman–Crippen LogP) is 3.00. The molecule has 1 unspecified atom stereocenters. The van der Waals surface area contributed by atoms with Crippen LogP contribution in [0.4, 0.5) is 5.69 Å². The van der Waals surface area contributed by atoms with Gasteiger partial charge in [-0.3, -0.25) is 4.79 Å². The lowest BCUT2D eigenvalue weighted by Gasteiger charge is -2.23. The number of carbonyl (C=O) groups excluding carboxylic acids is 1. The van der Waals surface area contributed by atoms with Gasteiger partial charge >= 0.3 is 0 Å². The molecule has 0 aliphatic carbocycles. The summed E-state index contributed by atoms with van der Waals surface area (Å²) in [6, 6.07) is 8.02. The molecule has 4 heteroatoms. The molecule has 86 valence electrons. The van der Waals surface area contributed by atoms with Crippen LogP contribution in [-0.4, -0.2) is 24.1 Å². The summed E-state index contributed by atoms with van der Waals surface area (Å²) >= 11 is 7.47. The van der Waals surface area contributed by atoms with E-state index in [-0.39, 0.29) is 11.8 Å². The Morgan fingerprint density at radius 2 is 2.31 bits per heavy atom. The number of carbonyl (C=O) groups is 1. The van der Waals surface area contributed by atoms with Crippen LogP contribution in [0.2, 0.25) is 0 Å². The minimum absolute atomic E-state index is 0.0107. The van der Waals surface area contributed by atoms with Gasteiger partial charge in [0.2, 0.25) is 5.91 Å². The molecule has 0 aromatic heterocycles. The van der Waals surface area contributed by atoms with Gasteiger partial charge in [-0.05, 0) is 18.1 Å². The molecule has 0 N–H and O–H groups in total. The summed E-state index contributed by atoms with van der Waals surface area (Å²) in [6.07, 6.45) is 0. The van der Waals surface area contributed by atoms with E-state index in [2.05, 4.69) is 13.0 Å². The lowest BCUT2D eigenvalue weighted by Crippen LogP contribution is -2.35. The summed E-state index contributed by atoms with van der Waals surface area (Å²) in [4.78, 5) is 14.8. The summed E-state index contributed by atoms with van der Waals surface area (Å²) in [5.74, 6) is 1.57. The van der Waals surface area contributed by atoms with E-state index in [0.717, 1.165) is 18.0 Å². The fraction of sp³-hybridized carbons (Fsp3) is 0.417. The molecule has 0 saturated carbocycles. The molecule has 0 bridgehead atoms. The summed E-state index contributed by atoms with van der Waals surface area (Å²) in [6.45, 7) is 2.92. The van der Waals surface area contributed by atoms with Gasteiger partial charge in [0, 0.05) is 17.2 Å². The van der Waals surface area contributed by atoms with Gasteiger partial charge in [0.25, 0.3) is 0 Å². The molecule has 1 aromatic rings. The van der Waals surface area contributed by atoms with Gasteiger partial charge < -0.3 is 4.90 Å². The maximum Gasteiger partial charge on any atom is 0.241 e. The number of alkyl halides is 1. The largest absolute Gasteiger partial charge is 0.310 e. The van der Waals surface area contributed by atoms with E-state index >= 15 is 0 Å². The number of halogens is 1. The highest BCUT2D eigenvalue weighted by atomic mass is 35.5. The Bertz CT molecular complexity index is 396. The van der Waals surface area contributed by atoms with E-state index in [1.807, 2.05) is 34.9 Å². The first-order chi connectivity index (χ1) is 7.72. The lowest BCUT2D eigenvalue weighted by atomic mass is 10.2. The van der Waals surface area contributed by atoms with Crippen LogP contribution >= 0.6 is 23.4 Å². The molecule has 0 saturated heterocycles. The third kappa shape index (κ3) is 2.36. The topological polar surface area (TPSA) is 20.3 Å². The molecule has 0 radical (unpaired) electrons. The molecule has 2 nitrogen and oxygen atoms in total. The summed E-state index contributed by atoms with van der Waals surface area (Å²) < 4.78 is 0. The first-order valence-corrected chi connectivity index (χ1v) is 6.82. The number of thioether (sulfide) groups is 1. The minimum Gasteiger partial charge on any atom is -0.310 e. The molecular formula is C12H14ClNOS. The van der Waals surface area contributed by atoms with Crippen molar-refractivity contribution in [3.63, 3.8) is 0 Å². The maximum atomic E-state index is 11.8. The Kier molecular flexibility index (Phi) is 3.77. The zero-order valence-corrected chi connectivity index (χ0v) is 10.7. The molecule has 1 amide bonds. The SMILES string of the molecule is CC1CSc2ccccc2N(C(=O)CCl)C1. The number of anilines is 1. The number of hydrogen-bond donors (Lipinski definition) is 0. The normalized spacial score (nSPS) is 20.1. The fourth-order valence-corrected chi connectivity index (χ4v) is 3.02. The van der Waals surface area contributed by atoms with Crippen molar-refractivity contribution >= 4 is 35.0 Å². The Morgan fingerprint density at radius 3 is 3.06 bits per heavy atom. The highest BCUT2D eigenvalue weighted by molar-refractivity contribution is 7.99. The number of rotatable bonds is 1. The third-order valence-electron chi connectivity index (χ3n) is 2.59. The number of hydrogen-bond acceptors (Lipinski definition) is 2. The summed E-state index contributed by atoms with van der Waals surface area (Å²) in [5.41, 5.74) is 1.00. The molecule has 2 rings (SSSR count). The van der Waals surface area contributed by atoms with Crippen LogP contribution in [0.25, 0.3) is 0 Å². The molecule has 1 atom stereocenters. The summed E-state index contributed by atoms with van der Waals surface area (Å²) in [5, 5.41) is 0. The van der Waals surface area contributed by atoms with Crippen LogP contribution in [0.3, 0.4) is 0 Å². The second kappa shape index (κ2) is 5.11. The van der Waals surface area contributed by atoms with Crippen LogP contribution in [0, 0.1) is 5.92 Å². The van der Waals surface area contributed by atoms with E-state index in [1.54, 1.807) is 0 Å². The van der Waals surface area contributed by atoms with Gasteiger partial charge in [-0.1, -0.05) is 19.1 Å². The molecular weight excluding hydrogens is 242 g/mol. The van der Waals surface area contributed by atoms with Crippen LogP contribution in [-0.2, 0) is 4.79 Å². The molecule has 1 aliphatic rings. The molecule has 1 heterocycles. The number of nitrogens with zero attached hydrogens (tertiary/aromatic N) is 1. The number of benzene rings is 1. The lowest BCUT2D eigenvalue weighted by molar-refractivity contribution is -0.116. The number of amides is 1. The van der Waals surface area contributed by atoms with Crippen molar-refractivity contribution in [2.75, 3.05) is 23.1 Å². The summed E-state index contributed by atoms with van der Waals surface area (Å²) in [7, 11) is 0. The second-order valence-corrected chi connectivity index (χ2v) is 5.35. The van der Waals surface area contributed by atoms with Crippen molar-refractivity contribution in [2.24, 2.45) is 5.92 Å². The van der Waals surface area contributed by atoms with Gasteiger partial charge in [-0.2, -0.15) is 0 Å². The molecule has 0 spiro atoms. The smallest absolute Gasteiger partial charge is 0.241 e. The fourth-order valence-electron chi connectivity index (χ4n) is 1.81. The molecule has 1 aromatic carbocycles. The number of fused-ring (bicyclic) bond motifs is 1. The Morgan fingerprint density at radius 1 is 1.56 bits per heavy atom. The van der Waals surface area contributed by atoms with Crippen LogP contribution in [0.15, 0.2) is 29.2 Å². The Hall–Kier alpha value is -0.670. The standard InChI is InChI=1S/C12H14ClNOS/c1-9-7-14(12(15)6-13)10-4-2-3-5-11(10)16-8-9/h2-5,9H,6-8H2,1H3. The van der Waals surface area contributed by atoms with E-state index in [4.69, 9.17) is 11.6 Å². The second-order valence-electron chi connectivity index (χ2n) is 4.02. The van der Waals surface area contributed by atoms with Crippen LogP contribution in [0.1, 0.15) is 6.92 Å². The van der Waals surface area contributed by atoms with Crippen LogP contribution < -0.4 is 4.90 Å². The third-order valence-corrected chi connectivity index (χ3v) is 4.21. The van der Waals surface area contributed by atoms with E-state index in [1.165, 1.54) is 4.90 Å². The van der Waals surface area contributed by atoms with Crippen molar-refractivity contribution in [3.8, 4) is 0 Å². The Balaban J connectivity index is 2.38. The van der Waals surface area contributed by atoms with Gasteiger partial charge in [-0.15, -0.1) is 23.4 Å².